The molecule has 0 aliphatic carbocycles. The van der Waals surface area contributed by atoms with Crippen LogP contribution >= 0.6 is 0 Å². The van der Waals surface area contributed by atoms with E-state index in [1.165, 1.54) is 11.1 Å². The van der Waals surface area contributed by atoms with Crippen LogP contribution in [0.5, 0.6) is 0 Å². The highest BCUT2D eigenvalue weighted by Gasteiger charge is 2.23. The van der Waals surface area contributed by atoms with Crippen molar-refractivity contribution in [2.24, 2.45) is 5.73 Å². The van der Waals surface area contributed by atoms with E-state index in [1.54, 1.807) is 0 Å². The summed E-state index contributed by atoms with van der Waals surface area (Å²) in [7, 11) is 2.16. The number of likely N-dealkylation sites (N-methyl/N-ethyl adjacent to an activating group) is 1. The number of hydrogen-bond acceptors (Lipinski definition) is 4. The molecule has 1 aromatic rings. The Kier molecular flexibility index (Phi) is 6.18. The van der Waals surface area contributed by atoms with E-state index < -0.39 is 0 Å². The van der Waals surface area contributed by atoms with Crippen molar-refractivity contribution in [3.8, 4) is 0 Å². The van der Waals surface area contributed by atoms with Crippen molar-refractivity contribution in [3.05, 3.63) is 35.4 Å². The largest absolute Gasteiger partial charge is 0.374 e. The number of morpholine rings is 1. The lowest BCUT2D eigenvalue weighted by Gasteiger charge is -2.37. The van der Waals surface area contributed by atoms with Crippen LogP contribution in [0.15, 0.2) is 24.3 Å². The summed E-state index contributed by atoms with van der Waals surface area (Å²) in [6.45, 7) is 9.92. The van der Waals surface area contributed by atoms with Crippen molar-refractivity contribution in [1.82, 2.24) is 9.80 Å². The third-order valence-corrected chi connectivity index (χ3v) is 4.19. The van der Waals surface area contributed by atoms with Gasteiger partial charge in [-0.3, -0.25) is 9.80 Å². The standard InChI is InChI=1S/C17H29N3O/c1-14(2)20-8-9-21-17(13-20)12-19(3)11-16-7-5-4-6-15(16)10-18/h4-7,14,17H,8-13,18H2,1-3H3. The molecule has 1 atom stereocenters. The van der Waals surface area contributed by atoms with Crippen LogP contribution in [0.3, 0.4) is 0 Å². The SMILES string of the molecule is CC(C)N1CCOC(CN(C)Cc2ccccc2CN)C1. The van der Waals surface area contributed by atoms with Crippen LogP contribution in [-0.4, -0.2) is 55.2 Å². The summed E-state index contributed by atoms with van der Waals surface area (Å²) in [6.07, 6.45) is 0.302. The van der Waals surface area contributed by atoms with E-state index in [0.717, 1.165) is 32.8 Å². The minimum Gasteiger partial charge on any atom is -0.374 e. The average molecular weight is 291 g/mol. The molecule has 0 bridgehead atoms. The van der Waals surface area contributed by atoms with Crippen molar-refractivity contribution in [1.29, 1.82) is 0 Å². The van der Waals surface area contributed by atoms with Gasteiger partial charge in [0.15, 0.2) is 0 Å². The Labute approximate surface area is 128 Å². The highest BCUT2D eigenvalue weighted by Crippen LogP contribution is 2.13. The normalized spacial score (nSPS) is 20.4. The lowest BCUT2D eigenvalue weighted by atomic mass is 10.1. The summed E-state index contributed by atoms with van der Waals surface area (Å²) >= 11 is 0. The summed E-state index contributed by atoms with van der Waals surface area (Å²) in [5.41, 5.74) is 8.36. The van der Waals surface area contributed by atoms with Gasteiger partial charge in [0.25, 0.3) is 0 Å². The van der Waals surface area contributed by atoms with Crippen molar-refractivity contribution in [3.63, 3.8) is 0 Å². The molecule has 0 saturated carbocycles. The predicted octanol–water partition coefficient (Wildman–Crippen LogP) is 1.69. The van der Waals surface area contributed by atoms with E-state index >= 15 is 0 Å². The molecule has 1 aliphatic heterocycles. The van der Waals surface area contributed by atoms with E-state index in [2.05, 4.69) is 55.0 Å². The number of hydrogen-bond donors (Lipinski definition) is 1. The fourth-order valence-corrected chi connectivity index (χ4v) is 2.94. The van der Waals surface area contributed by atoms with Gasteiger partial charge < -0.3 is 10.5 Å². The van der Waals surface area contributed by atoms with Gasteiger partial charge in [0.2, 0.25) is 0 Å². The third kappa shape index (κ3) is 4.78. The molecule has 4 heteroatoms. The predicted molar refractivity (Wildman–Crippen MR) is 87.1 cm³/mol. The van der Waals surface area contributed by atoms with Gasteiger partial charge in [0.1, 0.15) is 0 Å². The molecule has 21 heavy (non-hydrogen) atoms. The first-order valence-electron chi connectivity index (χ1n) is 7.91. The monoisotopic (exact) mass is 291 g/mol. The van der Waals surface area contributed by atoms with Gasteiger partial charge >= 0.3 is 0 Å². The Hall–Kier alpha value is -0.940. The maximum Gasteiger partial charge on any atom is 0.0829 e. The van der Waals surface area contributed by atoms with Crippen LogP contribution in [0, 0.1) is 0 Å². The van der Waals surface area contributed by atoms with Crippen molar-refractivity contribution in [2.75, 3.05) is 33.3 Å². The molecule has 2 rings (SSSR count). The highest BCUT2D eigenvalue weighted by atomic mass is 16.5. The Balaban J connectivity index is 1.88. The number of benzene rings is 1. The van der Waals surface area contributed by atoms with Crippen LogP contribution in [0.4, 0.5) is 0 Å². The summed E-state index contributed by atoms with van der Waals surface area (Å²) < 4.78 is 5.92. The molecular weight excluding hydrogens is 262 g/mol. The molecule has 0 aromatic heterocycles. The second kappa shape index (κ2) is 7.90. The number of ether oxygens (including phenoxy) is 1. The molecule has 1 aromatic carbocycles. The smallest absolute Gasteiger partial charge is 0.0829 e. The molecule has 1 heterocycles. The van der Waals surface area contributed by atoms with E-state index in [4.69, 9.17) is 10.5 Å². The average Bonchev–Trinajstić information content (AvgIpc) is 2.48. The molecule has 4 nitrogen and oxygen atoms in total. The highest BCUT2D eigenvalue weighted by molar-refractivity contribution is 5.26. The van der Waals surface area contributed by atoms with Gasteiger partial charge in [-0.1, -0.05) is 24.3 Å². The molecular formula is C17H29N3O. The molecule has 2 N–H and O–H groups in total. The maximum atomic E-state index is 5.92. The van der Waals surface area contributed by atoms with Crippen LogP contribution < -0.4 is 5.73 Å². The fraction of sp³-hybridized carbons (Fsp3) is 0.647. The van der Waals surface area contributed by atoms with Crippen molar-refractivity contribution in [2.45, 2.75) is 39.1 Å². The first-order valence-corrected chi connectivity index (χ1v) is 7.91. The second-order valence-corrected chi connectivity index (χ2v) is 6.25. The van der Waals surface area contributed by atoms with E-state index in [9.17, 15) is 0 Å². The second-order valence-electron chi connectivity index (χ2n) is 6.25. The lowest BCUT2D eigenvalue weighted by Crippen LogP contribution is -2.49. The Bertz CT molecular complexity index is 436. The van der Waals surface area contributed by atoms with Gasteiger partial charge in [0.05, 0.1) is 12.7 Å². The topological polar surface area (TPSA) is 41.7 Å². The van der Waals surface area contributed by atoms with Gasteiger partial charge in [-0.05, 0) is 32.0 Å². The van der Waals surface area contributed by atoms with Crippen LogP contribution in [-0.2, 0) is 17.8 Å². The molecule has 1 aliphatic rings. The van der Waals surface area contributed by atoms with Gasteiger partial charge in [-0.15, -0.1) is 0 Å². The summed E-state index contributed by atoms with van der Waals surface area (Å²) in [5.74, 6) is 0. The van der Waals surface area contributed by atoms with E-state index in [-0.39, 0.29) is 0 Å². The first-order chi connectivity index (χ1) is 10.1. The van der Waals surface area contributed by atoms with Crippen molar-refractivity contribution >= 4 is 0 Å². The molecule has 1 fully saturated rings. The summed E-state index contributed by atoms with van der Waals surface area (Å²) in [4.78, 5) is 4.83. The third-order valence-electron chi connectivity index (χ3n) is 4.19. The molecule has 1 saturated heterocycles. The Morgan fingerprint density at radius 3 is 2.71 bits per heavy atom. The Morgan fingerprint density at radius 1 is 1.33 bits per heavy atom. The summed E-state index contributed by atoms with van der Waals surface area (Å²) in [5, 5.41) is 0. The number of nitrogens with zero attached hydrogens (tertiary/aromatic N) is 2. The minimum atomic E-state index is 0.302. The summed E-state index contributed by atoms with van der Waals surface area (Å²) in [6, 6.07) is 9.01. The zero-order valence-corrected chi connectivity index (χ0v) is 13.6. The maximum absolute atomic E-state index is 5.92. The van der Waals surface area contributed by atoms with Crippen LogP contribution in [0.2, 0.25) is 0 Å². The number of nitrogens with two attached hydrogens (primary N) is 1. The molecule has 0 amide bonds. The quantitative estimate of drug-likeness (QED) is 0.866. The minimum absolute atomic E-state index is 0.302. The van der Waals surface area contributed by atoms with Crippen molar-refractivity contribution < 1.29 is 4.74 Å². The molecule has 118 valence electrons. The lowest BCUT2D eigenvalue weighted by molar-refractivity contribution is -0.0503. The van der Waals surface area contributed by atoms with E-state index in [1.807, 2.05) is 0 Å². The van der Waals surface area contributed by atoms with Crippen LogP contribution in [0.1, 0.15) is 25.0 Å². The molecule has 0 radical (unpaired) electrons. The first kappa shape index (κ1) is 16.4. The molecule has 1 unspecified atom stereocenters. The Morgan fingerprint density at radius 2 is 2.05 bits per heavy atom. The molecule has 0 spiro atoms. The number of rotatable bonds is 6. The van der Waals surface area contributed by atoms with Gasteiger partial charge in [-0.2, -0.15) is 0 Å². The fourth-order valence-electron chi connectivity index (χ4n) is 2.94. The van der Waals surface area contributed by atoms with Gasteiger partial charge in [0, 0.05) is 38.8 Å². The zero-order valence-electron chi connectivity index (χ0n) is 13.6. The van der Waals surface area contributed by atoms with Gasteiger partial charge in [-0.25, -0.2) is 0 Å². The zero-order chi connectivity index (χ0) is 15.2. The van der Waals surface area contributed by atoms with Crippen LogP contribution in [0.25, 0.3) is 0 Å². The van der Waals surface area contributed by atoms with E-state index in [0.29, 0.717) is 18.7 Å².